The van der Waals surface area contributed by atoms with Gasteiger partial charge in [0.25, 0.3) is 5.56 Å². The van der Waals surface area contributed by atoms with Crippen LogP contribution in [0.1, 0.15) is 40.0 Å². The number of nitrogen functional groups attached to an aromatic ring is 1. The smallest absolute Gasteiger partial charge is 0.263 e. The Bertz CT molecular complexity index is 832. The number of anilines is 2. The predicted octanol–water partition coefficient (Wildman–Crippen LogP) is 1.41. The molecule has 0 bridgehead atoms. The van der Waals surface area contributed by atoms with Crippen LogP contribution in [0, 0.1) is 0 Å². The molecule has 0 aliphatic rings. The first-order chi connectivity index (χ1) is 11.8. The first-order valence-corrected chi connectivity index (χ1v) is 8.41. The number of amides is 1. The van der Waals surface area contributed by atoms with Crippen LogP contribution in [0.2, 0.25) is 0 Å². The summed E-state index contributed by atoms with van der Waals surface area (Å²) in [5, 5.41) is 6.58. The predicted molar refractivity (Wildman–Crippen MR) is 99.4 cm³/mol. The van der Waals surface area contributed by atoms with Gasteiger partial charge in [0.15, 0.2) is 0 Å². The van der Waals surface area contributed by atoms with Crippen molar-refractivity contribution in [2.45, 2.75) is 45.6 Å². The second-order valence-electron chi connectivity index (χ2n) is 6.62. The number of carbonyl (C=O) groups is 1. The number of nitrogens with two attached hydrogens (primary N) is 1. The van der Waals surface area contributed by atoms with Crippen molar-refractivity contribution in [3.05, 3.63) is 22.6 Å². The summed E-state index contributed by atoms with van der Waals surface area (Å²) in [6.45, 7) is 6.00. The van der Waals surface area contributed by atoms with Crippen LogP contribution in [0.15, 0.2) is 17.1 Å². The Morgan fingerprint density at radius 2 is 2.12 bits per heavy atom. The summed E-state index contributed by atoms with van der Waals surface area (Å²) < 4.78 is 1.48. The number of nitrogens with one attached hydrogen (secondary N) is 2. The van der Waals surface area contributed by atoms with Gasteiger partial charge in [-0.25, -0.2) is 4.98 Å². The van der Waals surface area contributed by atoms with Crippen LogP contribution in [-0.4, -0.2) is 32.5 Å². The van der Waals surface area contributed by atoms with Gasteiger partial charge in [-0.15, -0.1) is 0 Å². The molecule has 0 aliphatic carbocycles. The second-order valence-corrected chi connectivity index (χ2v) is 6.62. The maximum absolute atomic E-state index is 12.6. The Morgan fingerprint density at radius 3 is 2.76 bits per heavy atom. The molecule has 8 nitrogen and oxygen atoms in total. The highest BCUT2D eigenvalue weighted by atomic mass is 16.1. The summed E-state index contributed by atoms with van der Waals surface area (Å²) >= 11 is 0. The molecule has 0 aromatic carbocycles. The number of hydrogen-bond acceptors (Lipinski definition) is 6. The monoisotopic (exact) mass is 346 g/mol. The quantitative estimate of drug-likeness (QED) is 0.698. The van der Waals surface area contributed by atoms with E-state index in [1.54, 1.807) is 19.3 Å². The third-order valence-corrected chi connectivity index (χ3v) is 4.17. The van der Waals surface area contributed by atoms with Gasteiger partial charge in [0, 0.05) is 26.7 Å². The lowest BCUT2D eigenvalue weighted by Crippen LogP contribution is -2.46. The second kappa shape index (κ2) is 7.50. The molecule has 0 spiro atoms. The number of fused-ring (bicyclic) bond motifs is 1. The molecule has 0 saturated heterocycles. The van der Waals surface area contributed by atoms with Crippen LogP contribution in [0.5, 0.6) is 0 Å². The van der Waals surface area contributed by atoms with Crippen LogP contribution < -0.4 is 21.9 Å². The number of hydrogen-bond donors (Lipinski definition) is 3. The van der Waals surface area contributed by atoms with E-state index in [9.17, 15) is 9.59 Å². The van der Waals surface area contributed by atoms with Gasteiger partial charge in [-0.1, -0.05) is 19.8 Å². The van der Waals surface area contributed by atoms with E-state index in [0.29, 0.717) is 23.3 Å². The van der Waals surface area contributed by atoms with Crippen LogP contribution in [0.4, 0.5) is 11.8 Å². The Balaban J connectivity index is 2.49. The zero-order valence-electron chi connectivity index (χ0n) is 15.2. The standard InChI is InChI=1S/C17H26N6O2/c1-5-6-8-17(3,10-19-11(2)24)22-14-13-12(20-16(18)21-14)7-9-23(4)15(13)25/h7,9H,5-6,8,10H2,1-4H3,(H,19,24)(H3,18,20,21,22). The molecule has 136 valence electrons. The molecule has 2 aromatic heterocycles. The zero-order valence-corrected chi connectivity index (χ0v) is 15.2. The number of carbonyl (C=O) groups excluding carboxylic acids is 1. The average Bonchev–Trinajstić information content (AvgIpc) is 2.54. The van der Waals surface area contributed by atoms with E-state index < -0.39 is 5.54 Å². The van der Waals surface area contributed by atoms with Crippen molar-refractivity contribution in [1.29, 1.82) is 0 Å². The van der Waals surface area contributed by atoms with E-state index >= 15 is 0 Å². The fraction of sp³-hybridized carbons (Fsp3) is 0.529. The Labute approximate surface area is 146 Å². The minimum Gasteiger partial charge on any atom is -0.368 e. The molecular formula is C17H26N6O2. The summed E-state index contributed by atoms with van der Waals surface area (Å²) in [6, 6.07) is 1.73. The van der Waals surface area contributed by atoms with E-state index in [1.165, 1.54) is 11.5 Å². The maximum atomic E-state index is 12.6. The highest BCUT2D eigenvalue weighted by Crippen LogP contribution is 2.24. The Hall–Kier alpha value is -2.64. The summed E-state index contributed by atoms with van der Waals surface area (Å²) in [5.74, 6) is 0.390. The fourth-order valence-corrected chi connectivity index (χ4v) is 2.71. The van der Waals surface area contributed by atoms with Crippen LogP contribution >= 0.6 is 0 Å². The van der Waals surface area contributed by atoms with Crippen molar-refractivity contribution in [1.82, 2.24) is 19.9 Å². The van der Waals surface area contributed by atoms with E-state index in [-0.39, 0.29) is 17.4 Å². The lowest BCUT2D eigenvalue weighted by molar-refractivity contribution is -0.119. The highest BCUT2D eigenvalue weighted by molar-refractivity contribution is 5.89. The normalized spacial score (nSPS) is 13.4. The van der Waals surface area contributed by atoms with Gasteiger partial charge in [0.2, 0.25) is 11.9 Å². The molecule has 0 radical (unpaired) electrons. The first kappa shape index (κ1) is 18.7. The Morgan fingerprint density at radius 1 is 1.40 bits per heavy atom. The van der Waals surface area contributed by atoms with Crippen LogP contribution in [-0.2, 0) is 11.8 Å². The number of nitrogens with zero attached hydrogens (tertiary/aromatic N) is 3. The van der Waals surface area contributed by atoms with Gasteiger partial charge in [-0.2, -0.15) is 4.98 Å². The van der Waals surface area contributed by atoms with Crippen molar-refractivity contribution in [3.63, 3.8) is 0 Å². The number of pyridine rings is 1. The van der Waals surface area contributed by atoms with E-state index in [2.05, 4.69) is 27.5 Å². The molecule has 0 saturated carbocycles. The highest BCUT2D eigenvalue weighted by Gasteiger charge is 2.26. The molecular weight excluding hydrogens is 320 g/mol. The summed E-state index contributed by atoms with van der Waals surface area (Å²) in [5.41, 5.74) is 5.65. The SMILES string of the molecule is CCCCC(C)(CNC(C)=O)Nc1nc(N)nc2ccn(C)c(=O)c12. The molecule has 2 heterocycles. The molecule has 4 N–H and O–H groups in total. The molecule has 2 aromatic rings. The molecule has 1 amide bonds. The topological polar surface area (TPSA) is 115 Å². The fourth-order valence-electron chi connectivity index (χ4n) is 2.71. The third kappa shape index (κ3) is 4.46. The summed E-state index contributed by atoms with van der Waals surface area (Å²) in [6.07, 6.45) is 4.45. The third-order valence-electron chi connectivity index (χ3n) is 4.17. The number of rotatable bonds is 7. The lowest BCUT2D eigenvalue weighted by atomic mass is 9.94. The molecule has 2 rings (SSSR count). The number of aromatic nitrogens is 3. The van der Waals surface area contributed by atoms with Crippen molar-refractivity contribution < 1.29 is 4.79 Å². The first-order valence-electron chi connectivity index (χ1n) is 8.41. The maximum Gasteiger partial charge on any atom is 0.263 e. The van der Waals surface area contributed by atoms with Crippen molar-refractivity contribution >= 4 is 28.6 Å². The van der Waals surface area contributed by atoms with Gasteiger partial charge >= 0.3 is 0 Å². The number of aryl methyl sites for hydroxylation is 1. The average molecular weight is 346 g/mol. The summed E-state index contributed by atoms with van der Waals surface area (Å²) in [4.78, 5) is 32.3. The van der Waals surface area contributed by atoms with Gasteiger partial charge < -0.3 is 20.9 Å². The Kier molecular flexibility index (Phi) is 5.61. The van der Waals surface area contributed by atoms with Crippen LogP contribution in [0.3, 0.4) is 0 Å². The van der Waals surface area contributed by atoms with Crippen molar-refractivity contribution in [2.24, 2.45) is 7.05 Å². The van der Waals surface area contributed by atoms with Crippen LogP contribution in [0.25, 0.3) is 10.9 Å². The lowest BCUT2D eigenvalue weighted by Gasteiger charge is -2.32. The van der Waals surface area contributed by atoms with Gasteiger partial charge in [-0.05, 0) is 19.4 Å². The number of unbranched alkanes of at least 4 members (excludes halogenated alkanes) is 1. The van der Waals surface area contributed by atoms with Gasteiger partial charge in [0.1, 0.15) is 11.2 Å². The molecule has 8 heteroatoms. The van der Waals surface area contributed by atoms with E-state index in [4.69, 9.17) is 5.73 Å². The zero-order chi connectivity index (χ0) is 18.6. The van der Waals surface area contributed by atoms with E-state index in [1.807, 2.05) is 6.92 Å². The minimum atomic E-state index is -0.462. The molecule has 0 fully saturated rings. The molecule has 0 aliphatic heterocycles. The van der Waals surface area contributed by atoms with Crippen molar-refractivity contribution in [3.8, 4) is 0 Å². The molecule has 1 atom stereocenters. The summed E-state index contributed by atoms with van der Waals surface area (Å²) in [7, 11) is 1.68. The van der Waals surface area contributed by atoms with E-state index in [0.717, 1.165) is 19.3 Å². The van der Waals surface area contributed by atoms with Gasteiger partial charge in [0.05, 0.1) is 11.1 Å². The molecule has 25 heavy (non-hydrogen) atoms. The van der Waals surface area contributed by atoms with Crippen molar-refractivity contribution in [2.75, 3.05) is 17.6 Å². The molecule has 1 unspecified atom stereocenters. The minimum absolute atomic E-state index is 0.0978. The van der Waals surface area contributed by atoms with Gasteiger partial charge in [-0.3, -0.25) is 9.59 Å². The largest absolute Gasteiger partial charge is 0.368 e.